The molecule has 6 nitrogen and oxygen atoms in total. The predicted octanol–water partition coefficient (Wildman–Crippen LogP) is 3.20. The summed E-state index contributed by atoms with van der Waals surface area (Å²) in [6.07, 6.45) is 1.83. The molecule has 0 unspecified atom stereocenters. The highest BCUT2D eigenvalue weighted by molar-refractivity contribution is 5.92. The highest BCUT2D eigenvalue weighted by Crippen LogP contribution is 2.35. The van der Waals surface area contributed by atoms with Crippen LogP contribution in [0.2, 0.25) is 0 Å². The van der Waals surface area contributed by atoms with E-state index in [0.29, 0.717) is 24.3 Å². The number of esters is 1. The Labute approximate surface area is 157 Å². The van der Waals surface area contributed by atoms with Gasteiger partial charge in [0.05, 0.1) is 35.7 Å². The van der Waals surface area contributed by atoms with Gasteiger partial charge in [0.1, 0.15) is 0 Å². The van der Waals surface area contributed by atoms with E-state index >= 15 is 0 Å². The number of nitrogens with zero attached hydrogens (tertiary/aromatic N) is 2. The van der Waals surface area contributed by atoms with Crippen LogP contribution in [0.4, 0.5) is 5.69 Å². The van der Waals surface area contributed by atoms with Crippen molar-refractivity contribution in [2.75, 3.05) is 11.9 Å². The largest absolute Gasteiger partial charge is 0.462 e. The van der Waals surface area contributed by atoms with Crippen LogP contribution in [-0.4, -0.2) is 33.2 Å². The molecule has 0 spiro atoms. The van der Waals surface area contributed by atoms with Crippen molar-refractivity contribution in [3.05, 3.63) is 64.6 Å². The lowest BCUT2D eigenvalue weighted by atomic mass is 10.1. The molecule has 6 heteroatoms. The molecule has 0 aliphatic heterocycles. The third kappa shape index (κ3) is 2.96. The van der Waals surface area contributed by atoms with Gasteiger partial charge in [-0.25, -0.2) is 9.78 Å². The zero-order valence-corrected chi connectivity index (χ0v) is 15.7. The van der Waals surface area contributed by atoms with E-state index in [0.717, 1.165) is 28.2 Å². The predicted molar refractivity (Wildman–Crippen MR) is 103 cm³/mol. The molecule has 140 valence electrons. The number of ether oxygens (including phenoxy) is 1. The second kappa shape index (κ2) is 6.70. The second-order valence-electron chi connectivity index (χ2n) is 6.93. The van der Waals surface area contributed by atoms with Crippen LogP contribution in [0.25, 0.3) is 5.65 Å². The molecular weight excluding hydrogens is 342 g/mol. The molecule has 0 saturated carbocycles. The van der Waals surface area contributed by atoms with Crippen molar-refractivity contribution in [3.63, 3.8) is 0 Å². The van der Waals surface area contributed by atoms with E-state index in [1.807, 2.05) is 42.5 Å². The van der Waals surface area contributed by atoms with Crippen LogP contribution in [0.3, 0.4) is 0 Å². The number of imidazole rings is 1. The minimum Gasteiger partial charge on any atom is -0.462 e. The molecule has 1 aromatic carbocycles. The lowest BCUT2D eigenvalue weighted by Gasteiger charge is -2.20. The summed E-state index contributed by atoms with van der Waals surface area (Å²) in [6.45, 7) is 6.01. The fraction of sp³-hybridized carbons (Fsp3) is 0.333. The minimum absolute atomic E-state index is 0.250. The molecule has 2 heterocycles. The Morgan fingerprint density at radius 1 is 1.37 bits per heavy atom. The molecule has 0 radical (unpaired) electrons. The molecular formula is C21H23N3O3. The quantitative estimate of drug-likeness (QED) is 0.695. The number of aliphatic hydroxyl groups excluding tert-OH is 1. The average molecular weight is 365 g/mol. The van der Waals surface area contributed by atoms with E-state index < -0.39 is 6.10 Å². The van der Waals surface area contributed by atoms with Gasteiger partial charge in [-0.3, -0.25) is 0 Å². The van der Waals surface area contributed by atoms with E-state index in [9.17, 15) is 9.90 Å². The summed E-state index contributed by atoms with van der Waals surface area (Å²) in [4.78, 5) is 17.0. The smallest absolute Gasteiger partial charge is 0.339 e. The van der Waals surface area contributed by atoms with E-state index in [-0.39, 0.29) is 12.0 Å². The van der Waals surface area contributed by atoms with Gasteiger partial charge in [0.15, 0.2) is 5.65 Å². The normalized spacial score (nSPS) is 18.5. The summed E-state index contributed by atoms with van der Waals surface area (Å²) in [5, 5.41) is 14.0. The van der Waals surface area contributed by atoms with Crippen molar-refractivity contribution in [3.8, 4) is 0 Å². The number of anilines is 1. The SMILES string of the molecule is CCOC(=O)c1cc(N[C@@H]2c3ccccc3C[C@H]2O)c2nc(C)c(C)n2c1. The van der Waals surface area contributed by atoms with Crippen LogP contribution in [0.15, 0.2) is 36.5 Å². The molecule has 0 bridgehead atoms. The Balaban J connectivity index is 1.81. The summed E-state index contributed by atoms with van der Waals surface area (Å²) in [6, 6.07) is 9.52. The van der Waals surface area contributed by atoms with Crippen LogP contribution in [0.5, 0.6) is 0 Å². The van der Waals surface area contributed by atoms with Crippen molar-refractivity contribution < 1.29 is 14.6 Å². The standard InChI is InChI=1S/C21H23N3O3/c1-4-27-21(26)15-9-17(20-22-12(2)13(3)24(20)11-15)23-19-16-8-6-5-7-14(16)10-18(19)25/h5-9,11,18-19,23,25H,4,10H2,1-3H3/t18-,19-/m1/s1. The Kier molecular flexibility index (Phi) is 4.36. The zero-order chi connectivity index (χ0) is 19.1. The number of rotatable bonds is 4. The fourth-order valence-electron chi connectivity index (χ4n) is 3.72. The number of carbonyl (C=O) groups is 1. The van der Waals surface area contributed by atoms with Gasteiger partial charge in [0.2, 0.25) is 0 Å². The third-order valence-electron chi connectivity index (χ3n) is 5.22. The molecule has 3 aromatic rings. The van der Waals surface area contributed by atoms with E-state index in [4.69, 9.17) is 4.74 Å². The van der Waals surface area contributed by atoms with Gasteiger partial charge in [-0.1, -0.05) is 24.3 Å². The molecule has 2 N–H and O–H groups in total. The van der Waals surface area contributed by atoms with Crippen LogP contribution in [-0.2, 0) is 11.2 Å². The number of carbonyl (C=O) groups excluding carboxylic acids is 1. The van der Waals surface area contributed by atoms with Gasteiger partial charge in [-0.15, -0.1) is 0 Å². The summed E-state index contributed by atoms with van der Waals surface area (Å²) in [7, 11) is 0. The number of benzene rings is 1. The highest BCUT2D eigenvalue weighted by atomic mass is 16.5. The van der Waals surface area contributed by atoms with Gasteiger partial charge in [0, 0.05) is 18.3 Å². The van der Waals surface area contributed by atoms with Crippen LogP contribution in [0, 0.1) is 13.8 Å². The van der Waals surface area contributed by atoms with Crippen molar-refractivity contribution in [1.29, 1.82) is 0 Å². The van der Waals surface area contributed by atoms with Gasteiger partial charge in [0.25, 0.3) is 0 Å². The number of pyridine rings is 1. The molecule has 0 fully saturated rings. The molecule has 0 saturated heterocycles. The maximum Gasteiger partial charge on any atom is 0.339 e. The molecule has 2 aromatic heterocycles. The second-order valence-corrected chi connectivity index (χ2v) is 6.93. The maximum atomic E-state index is 12.3. The van der Waals surface area contributed by atoms with Crippen LogP contribution < -0.4 is 5.32 Å². The van der Waals surface area contributed by atoms with Gasteiger partial charge in [-0.05, 0) is 38.0 Å². The summed E-state index contributed by atoms with van der Waals surface area (Å²) in [5.74, 6) is -0.374. The first-order valence-electron chi connectivity index (χ1n) is 9.18. The van der Waals surface area contributed by atoms with Crippen molar-refractivity contribution in [2.24, 2.45) is 0 Å². The Bertz CT molecular complexity index is 1020. The third-order valence-corrected chi connectivity index (χ3v) is 5.22. The first-order valence-corrected chi connectivity index (χ1v) is 9.18. The number of hydrogen-bond donors (Lipinski definition) is 2. The molecule has 1 aliphatic carbocycles. The monoisotopic (exact) mass is 365 g/mol. The number of hydrogen-bond acceptors (Lipinski definition) is 5. The number of fused-ring (bicyclic) bond motifs is 2. The van der Waals surface area contributed by atoms with Crippen LogP contribution in [0.1, 0.15) is 45.8 Å². The van der Waals surface area contributed by atoms with E-state index in [1.165, 1.54) is 0 Å². The highest BCUT2D eigenvalue weighted by Gasteiger charge is 2.31. The summed E-state index contributed by atoms with van der Waals surface area (Å²) < 4.78 is 7.08. The average Bonchev–Trinajstić information content (AvgIpc) is 3.12. The molecule has 1 aliphatic rings. The van der Waals surface area contributed by atoms with Gasteiger partial charge in [-0.2, -0.15) is 0 Å². The van der Waals surface area contributed by atoms with E-state index in [1.54, 1.807) is 19.2 Å². The Hall–Kier alpha value is -2.86. The summed E-state index contributed by atoms with van der Waals surface area (Å²) >= 11 is 0. The summed E-state index contributed by atoms with van der Waals surface area (Å²) in [5.41, 5.74) is 5.96. The van der Waals surface area contributed by atoms with Crippen LogP contribution >= 0.6 is 0 Å². The lowest BCUT2D eigenvalue weighted by molar-refractivity contribution is 0.0526. The van der Waals surface area contributed by atoms with Gasteiger partial charge < -0.3 is 19.6 Å². The van der Waals surface area contributed by atoms with E-state index in [2.05, 4.69) is 10.3 Å². The number of aliphatic hydroxyl groups is 1. The lowest BCUT2D eigenvalue weighted by Crippen LogP contribution is -2.22. The maximum absolute atomic E-state index is 12.3. The molecule has 2 atom stereocenters. The minimum atomic E-state index is -0.536. The molecule has 4 rings (SSSR count). The Morgan fingerprint density at radius 3 is 2.93 bits per heavy atom. The van der Waals surface area contributed by atoms with Crippen molar-refractivity contribution in [1.82, 2.24) is 9.38 Å². The zero-order valence-electron chi connectivity index (χ0n) is 15.7. The van der Waals surface area contributed by atoms with Gasteiger partial charge >= 0.3 is 5.97 Å². The fourth-order valence-corrected chi connectivity index (χ4v) is 3.72. The Morgan fingerprint density at radius 2 is 2.15 bits per heavy atom. The molecule has 0 amide bonds. The first-order chi connectivity index (χ1) is 13.0. The first kappa shape index (κ1) is 17.5. The van der Waals surface area contributed by atoms with Crippen molar-refractivity contribution >= 4 is 17.3 Å². The number of aromatic nitrogens is 2. The topological polar surface area (TPSA) is 75.9 Å². The number of nitrogens with one attached hydrogen (secondary N) is 1. The molecule has 27 heavy (non-hydrogen) atoms. The number of aryl methyl sites for hydroxylation is 2. The van der Waals surface area contributed by atoms with Crippen molar-refractivity contribution in [2.45, 2.75) is 39.3 Å².